The van der Waals surface area contributed by atoms with Crippen LogP contribution in [0.25, 0.3) is 0 Å². The van der Waals surface area contributed by atoms with E-state index in [0.717, 1.165) is 19.3 Å². The van der Waals surface area contributed by atoms with E-state index >= 15 is 0 Å². The van der Waals surface area contributed by atoms with Crippen molar-refractivity contribution in [1.82, 2.24) is 0 Å². The van der Waals surface area contributed by atoms with Crippen molar-refractivity contribution in [3.8, 4) is 0 Å². The zero-order valence-corrected chi connectivity index (χ0v) is 13.6. The number of rotatable bonds is 14. The van der Waals surface area contributed by atoms with Crippen molar-refractivity contribution in [2.75, 3.05) is 0 Å². The van der Waals surface area contributed by atoms with Crippen molar-refractivity contribution in [2.45, 2.75) is 97.3 Å². The summed E-state index contributed by atoms with van der Waals surface area (Å²) in [4.78, 5) is 10.9. The molecule has 118 valence electrons. The number of allylic oxidation sites excluding steroid dienone is 1. The number of unbranched alkanes of at least 4 members (excludes halogenated alkanes) is 10. The molecule has 0 rings (SSSR count). The number of carboxylic acids is 1. The van der Waals surface area contributed by atoms with Crippen LogP contribution in [0.2, 0.25) is 0 Å². The molecule has 0 aliphatic rings. The molecule has 0 fully saturated rings. The third-order valence-corrected chi connectivity index (χ3v) is 3.77. The van der Waals surface area contributed by atoms with E-state index in [1.165, 1.54) is 64.2 Å². The van der Waals surface area contributed by atoms with Crippen molar-refractivity contribution >= 4 is 5.97 Å². The average Bonchev–Trinajstić information content (AvgIpc) is 2.43. The Kier molecular flexibility index (Phi) is 14.0. The highest BCUT2D eigenvalue weighted by molar-refractivity contribution is 5.86. The number of carboxylic acid groups (broad SMARTS) is 1. The highest BCUT2D eigenvalue weighted by Crippen LogP contribution is 2.14. The second-order valence-electron chi connectivity index (χ2n) is 5.73. The maximum absolute atomic E-state index is 10.9. The fraction of sp³-hybridized carbons (Fsp3) is 0.833. The second kappa shape index (κ2) is 14.6. The first-order valence-corrected chi connectivity index (χ1v) is 8.64. The van der Waals surface area contributed by atoms with Crippen molar-refractivity contribution < 1.29 is 9.90 Å². The van der Waals surface area contributed by atoms with Crippen LogP contribution in [0.1, 0.15) is 97.3 Å². The van der Waals surface area contributed by atoms with E-state index in [4.69, 9.17) is 5.11 Å². The molecule has 0 aliphatic carbocycles. The predicted octanol–water partition coefficient (Wildman–Crippen LogP) is 6.11. The SMILES string of the molecule is CCC=C(CCCCCCCCCCCCC)C(=O)O. The van der Waals surface area contributed by atoms with Crippen LogP contribution in [0, 0.1) is 0 Å². The summed E-state index contributed by atoms with van der Waals surface area (Å²) < 4.78 is 0. The van der Waals surface area contributed by atoms with Crippen LogP contribution in [0.4, 0.5) is 0 Å². The van der Waals surface area contributed by atoms with Crippen LogP contribution < -0.4 is 0 Å². The van der Waals surface area contributed by atoms with Crippen molar-refractivity contribution in [3.05, 3.63) is 11.6 Å². The van der Waals surface area contributed by atoms with Crippen LogP contribution in [0.3, 0.4) is 0 Å². The molecule has 0 aromatic rings. The van der Waals surface area contributed by atoms with Crippen LogP contribution in [0.15, 0.2) is 11.6 Å². The normalized spacial score (nSPS) is 11.8. The molecule has 0 heterocycles. The van der Waals surface area contributed by atoms with Gasteiger partial charge in [0.15, 0.2) is 0 Å². The van der Waals surface area contributed by atoms with E-state index in [-0.39, 0.29) is 0 Å². The molecular formula is C18H34O2. The lowest BCUT2D eigenvalue weighted by molar-refractivity contribution is -0.132. The van der Waals surface area contributed by atoms with Gasteiger partial charge in [-0.15, -0.1) is 0 Å². The average molecular weight is 282 g/mol. The van der Waals surface area contributed by atoms with Crippen LogP contribution >= 0.6 is 0 Å². The van der Waals surface area contributed by atoms with Gasteiger partial charge in [-0.05, 0) is 19.3 Å². The largest absolute Gasteiger partial charge is 0.478 e. The highest BCUT2D eigenvalue weighted by Gasteiger charge is 2.05. The monoisotopic (exact) mass is 282 g/mol. The first-order chi connectivity index (χ1) is 9.72. The molecule has 0 saturated carbocycles. The number of aliphatic carboxylic acids is 1. The molecule has 2 nitrogen and oxygen atoms in total. The smallest absolute Gasteiger partial charge is 0.331 e. The minimum atomic E-state index is -0.737. The summed E-state index contributed by atoms with van der Waals surface area (Å²) in [6.07, 6.45) is 17.8. The molecule has 0 aromatic carbocycles. The van der Waals surface area contributed by atoms with Crippen LogP contribution in [-0.2, 0) is 4.79 Å². The molecule has 0 atom stereocenters. The van der Waals surface area contributed by atoms with E-state index in [2.05, 4.69) is 6.92 Å². The molecule has 0 spiro atoms. The fourth-order valence-corrected chi connectivity index (χ4v) is 2.52. The number of carbonyl (C=O) groups is 1. The maximum Gasteiger partial charge on any atom is 0.331 e. The molecule has 0 amide bonds. The summed E-state index contributed by atoms with van der Waals surface area (Å²) in [6, 6.07) is 0. The second-order valence-corrected chi connectivity index (χ2v) is 5.73. The van der Waals surface area contributed by atoms with Gasteiger partial charge >= 0.3 is 5.97 Å². The van der Waals surface area contributed by atoms with E-state index < -0.39 is 5.97 Å². The molecule has 0 radical (unpaired) electrons. The standard InChI is InChI=1S/C18H34O2/c1-3-5-6-7-8-9-10-11-12-13-14-16-17(15-4-2)18(19)20/h15H,3-14,16H2,1-2H3,(H,19,20). The van der Waals surface area contributed by atoms with Crippen molar-refractivity contribution in [2.24, 2.45) is 0 Å². The molecule has 2 heteroatoms. The molecule has 0 unspecified atom stereocenters. The Morgan fingerprint density at radius 3 is 1.65 bits per heavy atom. The predicted molar refractivity (Wildman–Crippen MR) is 87.1 cm³/mol. The third-order valence-electron chi connectivity index (χ3n) is 3.77. The Morgan fingerprint density at radius 1 is 0.800 bits per heavy atom. The third kappa shape index (κ3) is 12.3. The van der Waals surface area contributed by atoms with E-state index in [0.29, 0.717) is 5.57 Å². The Labute approximate surface area is 125 Å². The topological polar surface area (TPSA) is 37.3 Å². The van der Waals surface area contributed by atoms with E-state index in [1.807, 2.05) is 13.0 Å². The number of hydrogen-bond acceptors (Lipinski definition) is 1. The lowest BCUT2D eigenvalue weighted by atomic mass is 10.0. The summed E-state index contributed by atoms with van der Waals surface area (Å²) in [7, 11) is 0. The van der Waals surface area contributed by atoms with Crippen molar-refractivity contribution in [1.29, 1.82) is 0 Å². The van der Waals surface area contributed by atoms with Gasteiger partial charge in [-0.1, -0.05) is 84.1 Å². The van der Waals surface area contributed by atoms with Gasteiger partial charge in [-0.3, -0.25) is 0 Å². The Morgan fingerprint density at radius 2 is 1.25 bits per heavy atom. The van der Waals surface area contributed by atoms with Crippen molar-refractivity contribution in [3.63, 3.8) is 0 Å². The Hall–Kier alpha value is -0.790. The minimum absolute atomic E-state index is 0.600. The lowest BCUT2D eigenvalue weighted by Crippen LogP contribution is -2.00. The van der Waals surface area contributed by atoms with Gasteiger partial charge in [0.1, 0.15) is 0 Å². The molecule has 0 bridgehead atoms. The summed E-state index contributed by atoms with van der Waals surface area (Å²) in [5.74, 6) is -0.737. The minimum Gasteiger partial charge on any atom is -0.478 e. The van der Waals surface area contributed by atoms with Gasteiger partial charge < -0.3 is 5.11 Å². The molecule has 0 saturated heterocycles. The first kappa shape index (κ1) is 19.2. The zero-order chi connectivity index (χ0) is 15.1. The quantitative estimate of drug-likeness (QED) is 0.308. The van der Waals surface area contributed by atoms with Crippen LogP contribution in [-0.4, -0.2) is 11.1 Å². The summed E-state index contributed by atoms with van der Waals surface area (Å²) in [5, 5.41) is 9.00. The maximum atomic E-state index is 10.9. The molecule has 0 aromatic heterocycles. The molecule has 1 N–H and O–H groups in total. The number of hydrogen-bond donors (Lipinski definition) is 1. The molecular weight excluding hydrogens is 248 g/mol. The Balaban J connectivity index is 3.32. The highest BCUT2D eigenvalue weighted by atomic mass is 16.4. The van der Waals surface area contributed by atoms with Gasteiger partial charge in [-0.2, -0.15) is 0 Å². The van der Waals surface area contributed by atoms with Crippen LogP contribution in [0.5, 0.6) is 0 Å². The lowest BCUT2D eigenvalue weighted by Gasteiger charge is -2.04. The fourth-order valence-electron chi connectivity index (χ4n) is 2.52. The molecule has 0 aliphatic heterocycles. The Bertz CT molecular complexity index is 256. The first-order valence-electron chi connectivity index (χ1n) is 8.64. The van der Waals surface area contributed by atoms with Gasteiger partial charge in [0, 0.05) is 5.57 Å². The van der Waals surface area contributed by atoms with Gasteiger partial charge in [-0.25, -0.2) is 4.79 Å². The van der Waals surface area contributed by atoms with Gasteiger partial charge in [0.2, 0.25) is 0 Å². The van der Waals surface area contributed by atoms with E-state index in [1.54, 1.807) is 0 Å². The summed E-state index contributed by atoms with van der Waals surface area (Å²) in [6.45, 7) is 4.24. The van der Waals surface area contributed by atoms with Gasteiger partial charge in [0.25, 0.3) is 0 Å². The van der Waals surface area contributed by atoms with Gasteiger partial charge in [0.05, 0.1) is 0 Å². The summed E-state index contributed by atoms with van der Waals surface area (Å²) >= 11 is 0. The zero-order valence-electron chi connectivity index (χ0n) is 13.6. The van der Waals surface area contributed by atoms with E-state index in [9.17, 15) is 4.79 Å². The molecule has 20 heavy (non-hydrogen) atoms. The summed E-state index contributed by atoms with van der Waals surface area (Å²) in [5.41, 5.74) is 0.600.